The molecule has 22 heavy (non-hydrogen) atoms. The summed E-state index contributed by atoms with van der Waals surface area (Å²) in [5, 5.41) is 0. The molecule has 0 amide bonds. The first-order valence-electron chi connectivity index (χ1n) is 7.89. The molecule has 0 aliphatic carbocycles. The zero-order valence-electron chi connectivity index (χ0n) is 14.1. The zero-order valence-corrected chi connectivity index (χ0v) is 14.1. The van der Waals surface area contributed by atoms with E-state index in [1.807, 2.05) is 38.1 Å². The van der Waals surface area contributed by atoms with Crippen molar-refractivity contribution in [3.05, 3.63) is 96.1 Å². The van der Waals surface area contributed by atoms with E-state index >= 15 is 0 Å². The van der Waals surface area contributed by atoms with Gasteiger partial charge in [0, 0.05) is 0 Å². The molecule has 0 heterocycles. The summed E-state index contributed by atoms with van der Waals surface area (Å²) in [6.07, 6.45) is 0. The second kappa shape index (κ2) is 10.4. The molecule has 0 fully saturated rings. The molecule has 0 bridgehead atoms. The second-order valence-electron chi connectivity index (χ2n) is 4.89. The van der Waals surface area contributed by atoms with Crippen molar-refractivity contribution in [2.45, 2.75) is 27.7 Å². The third-order valence-electron chi connectivity index (χ3n) is 3.10. The van der Waals surface area contributed by atoms with Gasteiger partial charge in [-0.05, 0) is 25.0 Å². The molecule has 114 valence electrons. The Morgan fingerprint density at radius 1 is 0.409 bits per heavy atom. The van der Waals surface area contributed by atoms with Crippen molar-refractivity contribution in [3.8, 4) is 11.1 Å². The summed E-state index contributed by atoms with van der Waals surface area (Å²) in [5.74, 6) is 0. The van der Waals surface area contributed by atoms with Crippen LogP contribution in [0.1, 0.15) is 25.0 Å². The minimum absolute atomic E-state index is 1.28. The molecular weight excluding hydrogens is 264 g/mol. The van der Waals surface area contributed by atoms with Gasteiger partial charge in [-0.2, -0.15) is 0 Å². The Morgan fingerprint density at radius 2 is 0.773 bits per heavy atom. The van der Waals surface area contributed by atoms with Gasteiger partial charge in [0.2, 0.25) is 0 Å². The van der Waals surface area contributed by atoms with Crippen molar-refractivity contribution < 1.29 is 0 Å². The molecule has 0 radical (unpaired) electrons. The highest BCUT2D eigenvalue weighted by Crippen LogP contribution is 2.18. The highest BCUT2D eigenvalue weighted by atomic mass is 14.0. The van der Waals surface area contributed by atoms with Gasteiger partial charge >= 0.3 is 0 Å². The van der Waals surface area contributed by atoms with Gasteiger partial charge in [0.15, 0.2) is 0 Å². The first-order valence-corrected chi connectivity index (χ1v) is 7.89. The lowest BCUT2D eigenvalue weighted by atomic mass is 10.0. The fraction of sp³-hybridized carbons (Fsp3) is 0.182. The Hall–Kier alpha value is -2.34. The number of hydrogen-bond acceptors (Lipinski definition) is 0. The molecule has 0 aliphatic heterocycles. The van der Waals surface area contributed by atoms with Gasteiger partial charge in [0.05, 0.1) is 0 Å². The van der Waals surface area contributed by atoms with Crippen molar-refractivity contribution in [3.63, 3.8) is 0 Å². The first kappa shape index (κ1) is 17.7. The van der Waals surface area contributed by atoms with Crippen molar-refractivity contribution in [2.24, 2.45) is 0 Å². The largest absolute Gasteiger partial charge is 0.0683 e. The molecule has 0 N–H and O–H groups in total. The number of hydrogen-bond donors (Lipinski definition) is 0. The van der Waals surface area contributed by atoms with Crippen LogP contribution in [0, 0.1) is 13.8 Å². The molecule has 3 aromatic carbocycles. The standard InChI is InChI=1S/C13H12.C7H8.C2H6/c1-11-7-9-13(10-8-11)12-5-3-2-4-6-12;1-7-5-3-2-4-6-7;1-2/h2-10H,1H3;2-6H,1H3;1-2H3. The van der Waals surface area contributed by atoms with E-state index in [2.05, 4.69) is 74.5 Å². The van der Waals surface area contributed by atoms with Crippen LogP contribution < -0.4 is 0 Å². The van der Waals surface area contributed by atoms with Crippen molar-refractivity contribution >= 4 is 0 Å². The Labute approximate surface area is 135 Å². The minimum Gasteiger partial charge on any atom is -0.0683 e. The maximum absolute atomic E-state index is 2.16. The predicted molar refractivity (Wildman–Crippen MR) is 99.1 cm³/mol. The molecular formula is C22H26. The average molecular weight is 290 g/mol. The molecule has 0 heteroatoms. The van der Waals surface area contributed by atoms with E-state index in [-0.39, 0.29) is 0 Å². The van der Waals surface area contributed by atoms with Crippen LogP contribution in [0.3, 0.4) is 0 Å². The van der Waals surface area contributed by atoms with Gasteiger partial charge in [-0.1, -0.05) is 110 Å². The Bertz CT molecular complexity index is 607. The topological polar surface area (TPSA) is 0 Å². The summed E-state index contributed by atoms with van der Waals surface area (Å²) in [6, 6.07) is 29.3. The Kier molecular flexibility index (Phi) is 8.37. The SMILES string of the molecule is CC.Cc1ccc(-c2ccccc2)cc1.Cc1ccccc1. The molecule has 0 spiro atoms. The molecule has 0 nitrogen and oxygen atoms in total. The van der Waals surface area contributed by atoms with Crippen molar-refractivity contribution in [1.29, 1.82) is 0 Å². The molecule has 0 atom stereocenters. The van der Waals surface area contributed by atoms with Crippen molar-refractivity contribution in [2.75, 3.05) is 0 Å². The van der Waals surface area contributed by atoms with Crippen LogP contribution in [-0.2, 0) is 0 Å². The van der Waals surface area contributed by atoms with E-state index in [0.717, 1.165) is 0 Å². The van der Waals surface area contributed by atoms with E-state index in [1.165, 1.54) is 22.3 Å². The Balaban J connectivity index is 0.000000228. The van der Waals surface area contributed by atoms with E-state index < -0.39 is 0 Å². The van der Waals surface area contributed by atoms with Crippen LogP contribution in [0.5, 0.6) is 0 Å². The maximum Gasteiger partial charge on any atom is -0.0184 e. The second-order valence-corrected chi connectivity index (χ2v) is 4.89. The van der Waals surface area contributed by atoms with Crippen LogP contribution in [0.2, 0.25) is 0 Å². The highest BCUT2D eigenvalue weighted by Gasteiger charge is 1.93. The number of aryl methyl sites for hydroxylation is 2. The lowest BCUT2D eigenvalue weighted by molar-refractivity contribution is 1.47. The molecule has 3 aromatic rings. The summed E-state index contributed by atoms with van der Waals surface area (Å²) < 4.78 is 0. The fourth-order valence-corrected chi connectivity index (χ4v) is 1.91. The predicted octanol–water partition coefficient (Wildman–Crippen LogP) is 6.68. The van der Waals surface area contributed by atoms with Crippen LogP contribution in [0.4, 0.5) is 0 Å². The van der Waals surface area contributed by atoms with Crippen LogP contribution in [-0.4, -0.2) is 0 Å². The molecule has 0 unspecified atom stereocenters. The zero-order chi connectivity index (χ0) is 16.2. The summed E-state index contributed by atoms with van der Waals surface area (Å²) in [5.41, 5.74) is 5.19. The minimum atomic E-state index is 1.28. The van der Waals surface area contributed by atoms with E-state index in [0.29, 0.717) is 0 Å². The molecule has 0 saturated heterocycles. The molecule has 0 aliphatic rings. The summed E-state index contributed by atoms with van der Waals surface area (Å²) in [6.45, 7) is 8.19. The van der Waals surface area contributed by atoms with Gasteiger partial charge in [0.1, 0.15) is 0 Å². The summed E-state index contributed by atoms with van der Waals surface area (Å²) in [7, 11) is 0. The Morgan fingerprint density at radius 3 is 1.18 bits per heavy atom. The van der Waals surface area contributed by atoms with E-state index in [1.54, 1.807) is 0 Å². The summed E-state index contributed by atoms with van der Waals surface area (Å²) >= 11 is 0. The van der Waals surface area contributed by atoms with Crippen LogP contribution in [0.15, 0.2) is 84.9 Å². The molecule has 3 rings (SSSR count). The normalized spacial score (nSPS) is 8.91. The van der Waals surface area contributed by atoms with Gasteiger partial charge < -0.3 is 0 Å². The third kappa shape index (κ3) is 6.41. The lowest BCUT2D eigenvalue weighted by Crippen LogP contribution is -1.76. The first-order chi connectivity index (χ1) is 10.8. The van der Waals surface area contributed by atoms with Gasteiger partial charge in [-0.15, -0.1) is 0 Å². The van der Waals surface area contributed by atoms with Gasteiger partial charge in [-0.25, -0.2) is 0 Å². The van der Waals surface area contributed by atoms with Crippen LogP contribution >= 0.6 is 0 Å². The van der Waals surface area contributed by atoms with E-state index in [4.69, 9.17) is 0 Å². The average Bonchev–Trinajstić information content (AvgIpc) is 2.59. The number of rotatable bonds is 1. The van der Waals surface area contributed by atoms with Gasteiger partial charge in [-0.3, -0.25) is 0 Å². The monoisotopic (exact) mass is 290 g/mol. The lowest BCUT2D eigenvalue weighted by Gasteiger charge is -2.00. The maximum atomic E-state index is 2.16. The fourth-order valence-electron chi connectivity index (χ4n) is 1.91. The number of benzene rings is 3. The van der Waals surface area contributed by atoms with Gasteiger partial charge in [0.25, 0.3) is 0 Å². The molecule has 0 aromatic heterocycles. The smallest absolute Gasteiger partial charge is 0.0184 e. The highest BCUT2D eigenvalue weighted by molar-refractivity contribution is 5.63. The van der Waals surface area contributed by atoms with Crippen molar-refractivity contribution in [1.82, 2.24) is 0 Å². The molecule has 0 saturated carbocycles. The van der Waals surface area contributed by atoms with Crippen LogP contribution in [0.25, 0.3) is 11.1 Å². The summed E-state index contributed by atoms with van der Waals surface area (Å²) in [4.78, 5) is 0. The quantitative estimate of drug-likeness (QED) is 0.468. The third-order valence-corrected chi connectivity index (χ3v) is 3.10. The van der Waals surface area contributed by atoms with E-state index in [9.17, 15) is 0 Å².